The molecule has 7 rings (SSSR count). The number of ether oxygens (including phenoxy) is 2. The lowest BCUT2D eigenvalue weighted by molar-refractivity contribution is -0.156. The van der Waals surface area contributed by atoms with E-state index in [4.69, 9.17) is 39.0 Å². The summed E-state index contributed by atoms with van der Waals surface area (Å²) >= 11 is 8.76. The molecule has 3 aliphatic heterocycles. The number of rotatable bonds is 11. The summed E-state index contributed by atoms with van der Waals surface area (Å²) in [5.41, 5.74) is 10.0. The van der Waals surface area contributed by atoms with Gasteiger partial charge in [-0.1, -0.05) is 76.9 Å². The zero-order valence-electron chi connectivity index (χ0n) is 30.4. The molecular formula is C31H44N10O11P2S2. The van der Waals surface area contributed by atoms with Crippen LogP contribution in [0.3, 0.4) is 0 Å². The summed E-state index contributed by atoms with van der Waals surface area (Å²) in [5, 5.41) is 10.4. The number of hydrogen-bond donors (Lipinski definition) is 6. The van der Waals surface area contributed by atoms with E-state index in [9.17, 15) is 23.8 Å². The van der Waals surface area contributed by atoms with E-state index in [1.165, 1.54) is 23.5 Å². The van der Waals surface area contributed by atoms with Gasteiger partial charge in [-0.05, 0) is 6.42 Å². The Balaban J connectivity index is 1.30. The number of imidazole rings is 2. The average molecular weight is 859 g/mol. The third-order valence-corrected chi connectivity index (χ3v) is 13.6. The fourth-order valence-corrected chi connectivity index (χ4v) is 11.5. The highest BCUT2D eigenvalue weighted by molar-refractivity contribution is 8.44. The largest absolute Gasteiger partial charge is 0.481 e. The number of thiol groups is 2. The number of H-pyrrole nitrogens is 1. The van der Waals surface area contributed by atoms with Crippen LogP contribution in [0.5, 0.6) is 0 Å². The van der Waals surface area contributed by atoms with Gasteiger partial charge >= 0.3 is 19.6 Å². The SMILES string of the molecule is CCCCCCCCC1(CC(=O)O)O[P@@](=O)(S)O[C@H]2C[C@H](n3cnc4c(N)ncnc43)O[C@@H]2CO[P@@](=O)(S)O[C@@H]2[C@H](C)[C@@H]1O[C@H]2n1cnc2c(=O)[nH]c(N)nc21. The van der Waals surface area contributed by atoms with E-state index in [2.05, 4.69) is 61.3 Å². The molecule has 6 N–H and O–H groups in total. The molecule has 0 spiro atoms. The highest BCUT2D eigenvalue weighted by Crippen LogP contribution is 2.64. The van der Waals surface area contributed by atoms with Gasteiger partial charge in [-0.25, -0.2) is 29.1 Å². The van der Waals surface area contributed by atoms with E-state index in [-0.39, 0.29) is 35.8 Å². The lowest BCUT2D eigenvalue weighted by Gasteiger charge is -2.40. The molecule has 56 heavy (non-hydrogen) atoms. The Bertz CT molecular complexity index is 2240. The molecule has 2 bridgehead atoms. The number of aromatic amines is 1. The summed E-state index contributed by atoms with van der Waals surface area (Å²) in [6, 6.07) is 0. The molecule has 4 aromatic rings. The maximum Gasteiger partial charge on any atom is 0.387 e. The molecule has 10 atom stereocenters. The number of nitrogen functional groups attached to an aromatic ring is 2. The van der Waals surface area contributed by atoms with Crippen LogP contribution in [0.1, 0.15) is 84.1 Å². The Hall–Kier alpha value is -3.11. The van der Waals surface area contributed by atoms with Crippen molar-refractivity contribution >= 4 is 78.2 Å². The van der Waals surface area contributed by atoms with Crippen molar-refractivity contribution in [3.05, 3.63) is 29.3 Å². The van der Waals surface area contributed by atoms with Crippen LogP contribution >= 0.6 is 38.1 Å². The second-order valence-corrected chi connectivity index (χ2v) is 19.9. The molecule has 0 amide bonds. The number of nitrogens with zero attached hydrogens (tertiary/aromatic N) is 7. The Kier molecular flexibility index (Phi) is 11.9. The minimum atomic E-state index is -4.53. The average Bonchev–Trinajstić information content (AvgIpc) is 3.90. The van der Waals surface area contributed by atoms with Crippen molar-refractivity contribution in [1.29, 1.82) is 0 Å². The van der Waals surface area contributed by atoms with E-state index in [1.807, 2.05) is 0 Å². The molecule has 3 aliphatic rings. The maximum absolute atomic E-state index is 14.6. The second-order valence-electron chi connectivity index (χ2n) is 14.2. The first-order valence-electron chi connectivity index (χ1n) is 18.2. The Labute approximate surface area is 330 Å². The molecule has 0 aliphatic carbocycles. The minimum absolute atomic E-state index is 0.00454. The number of carboxylic acid groups (broad SMARTS) is 1. The third kappa shape index (κ3) is 8.39. The van der Waals surface area contributed by atoms with E-state index in [0.717, 1.165) is 25.7 Å². The molecule has 0 aromatic carbocycles. The maximum atomic E-state index is 14.6. The van der Waals surface area contributed by atoms with Crippen LogP contribution in [0.25, 0.3) is 22.3 Å². The first kappa shape index (κ1) is 41.1. The predicted octanol–water partition coefficient (Wildman–Crippen LogP) is 4.80. The topological polar surface area (TPSA) is 286 Å². The number of nitrogens with two attached hydrogens (primary N) is 2. The van der Waals surface area contributed by atoms with Gasteiger partial charge in [0, 0.05) is 12.3 Å². The fourth-order valence-electron chi connectivity index (χ4n) is 7.80. The van der Waals surface area contributed by atoms with Gasteiger partial charge in [0.25, 0.3) is 5.56 Å². The number of nitrogens with one attached hydrogen (secondary N) is 1. The predicted molar refractivity (Wildman–Crippen MR) is 207 cm³/mol. The molecule has 3 saturated heterocycles. The number of hydrogen-bond acceptors (Lipinski definition) is 17. The van der Waals surface area contributed by atoms with Gasteiger partial charge in [0.15, 0.2) is 28.9 Å². The second kappa shape index (κ2) is 16.3. The van der Waals surface area contributed by atoms with Crippen molar-refractivity contribution in [2.24, 2.45) is 5.92 Å². The highest BCUT2D eigenvalue weighted by Gasteiger charge is 2.59. The van der Waals surface area contributed by atoms with Crippen molar-refractivity contribution in [1.82, 2.24) is 39.0 Å². The number of aliphatic carboxylic acids is 1. The molecule has 3 fully saturated rings. The van der Waals surface area contributed by atoms with Gasteiger partial charge in [-0.3, -0.25) is 41.8 Å². The summed E-state index contributed by atoms with van der Waals surface area (Å²) in [4.78, 5) is 48.9. The molecule has 4 aromatic heterocycles. The monoisotopic (exact) mass is 858 g/mol. The molecule has 0 saturated carbocycles. The zero-order valence-corrected chi connectivity index (χ0v) is 34.0. The van der Waals surface area contributed by atoms with Crippen molar-refractivity contribution in [2.75, 3.05) is 18.1 Å². The minimum Gasteiger partial charge on any atom is -0.481 e. The highest BCUT2D eigenvalue weighted by atomic mass is 32.7. The molecule has 21 nitrogen and oxygen atoms in total. The van der Waals surface area contributed by atoms with Crippen LogP contribution < -0.4 is 17.0 Å². The van der Waals surface area contributed by atoms with Gasteiger partial charge in [0.2, 0.25) is 5.95 Å². The summed E-state index contributed by atoms with van der Waals surface area (Å²) < 4.78 is 69.3. The number of carbonyl (C=O) groups is 1. The van der Waals surface area contributed by atoms with Crippen molar-refractivity contribution in [2.45, 2.75) is 114 Å². The van der Waals surface area contributed by atoms with Crippen LogP contribution in [-0.2, 0) is 41.5 Å². The molecule has 7 heterocycles. The standard InChI is InChI=1S/C31H44N10O11P2S2/c1-3-4-5-6-7-8-9-31(11-20(42)43)24-16(2)23(29(49-24)41-15-37-22-27(41)38-30(33)39-28(22)44)51-53(45,55)47-12-18-17(50-54(46,56)52-31)10-19(48-18)40-14-36-21-25(32)34-13-35-26(21)40/h13-19,23-24,29H,3-12H2,1-2H3,(H,42,43)(H,45,55)(H,46,56)(H2,32,34,35)(H3,33,38,39,44)/t16-,17-,18+,19+,23+,24-,29+,31?,53+,54-/m0/s1. The summed E-state index contributed by atoms with van der Waals surface area (Å²) in [6.07, 6.45) is 1.78. The van der Waals surface area contributed by atoms with E-state index in [1.54, 1.807) is 11.5 Å². The molecule has 1 unspecified atom stereocenters. The number of fused-ring (bicyclic) bond motifs is 5. The molecular weight excluding hydrogens is 814 g/mol. The summed E-state index contributed by atoms with van der Waals surface area (Å²) in [6.45, 7) is -5.52. The van der Waals surface area contributed by atoms with Crippen LogP contribution in [-0.4, -0.2) is 86.7 Å². The Morgan fingerprint density at radius 1 is 0.982 bits per heavy atom. The molecule has 25 heteroatoms. The molecule has 306 valence electrons. The van der Waals surface area contributed by atoms with Gasteiger partial charge in [0.05, 0.1) is 31.8 Å². The van der Waals surface area contributed by atoms with Gasteiger partial charge < -0.3 is 26.0 Å². The van der Waals surface area contributed by atoms with Crippen molar-refractivity contribution in [3.8, 4) is 0 Å². The quantitative estimate of drug-likeness (QED) is 0.0671. The van der Waals surface area contributed by atoms with Gasteiger partial charge in [0.1, 0.15) is 42.0 Å². The van der Waals surface area contributed by atoms with Crippen LogP contribution in [0.15, 0.2) is 23.8 Å². The number of carboxylic acids is 1. The van der Waals surface area contributed by atoms with Crippen LogP contribution in [0, 0.1) is 5.92 Å². The van der Waals surface area contributed by atoms with E-state index in [0.29, 0.717) is 24.0 Å². The first-order chi connectivity index (χ1) is 26.6. The fraction of sp³-hybridized carbons (Fsp3) is 0.645. The number of unbranched alkanes of at least 4 members (excludes halogenated alkanes) is 5. The summed E-state index contributed by atoms with van der Waals surface area (Å²) in [7, 11) is 0. The zero-order chi connectivity index (χ0) is 40.0. The van der Waals surface area contributed by atoms with E-state index >= 15 is 0 Å². The summed E-state index contributed by atoms with van der Waals surface area (Å²) in [5.74, 6) is -2.19. The third-order valence-electron chi connectivity index (χ3n) is 10.3. The Morgan fingerprint density at radius 3 is 2.48 bits per heavy atom. The van der Waals surface area contributed by atoms with Crippen LogP contribution in [0.2, 0.25) is 0 Å². The lowest BCUT2D eigenvalue weighted by Crippen LogP contribution is -2.49. The van der Waals surface area contributed by atoms with Crippen molar-refractivity contribution < 1.29 is 46.6 Å². The smallest absolute Gasteiger partial charge is 0.387 e. The van der Waals surface area contributed by atoms with Gasteiger partial charge in [-0.2, -0.15) is 4.98 Å². The van der Waals surface area contributed by atoms with Gasteiger partial charge in [-0.15, -0.1) is 0 Å². The number of anilines is 2. The lowest BCUT2D eigenvalue weighted by atomic mass is 9.80. The molecule has 0 radical (unpaired) electrons. The van der Waals surface area contributed by atoms with E-state index < -0.39 is 86.5 Å². The van der Waals surface area contributed by atoms with Crippen molar-refractivity contribution in [3.63, 3.8) is 0 Å². The normalized spacial score (nSPS) is 33.9. The number of aromatic nitrogens is 8. The van der Waals surface area contributed by atoms with Crippen LogP contribution in [0.4, 0.5) is 11.8 Å². The Morgan fingerprint density at radius 2 is 1.71 bits per heavy atom. The first-order valence-corrected chi connectivity index (χ1v) is 23.5.